The summed E-state index contributed by atoms with van der Waals surface area (Å²) < 4.78 is 39.6. The van der Waals surface area contributed by atoms with E-state index in [4.69, 9.17) is 5.11 Å². The van der Waals surface area contributed by atoms with Gasteiger partial charge in [-0.05, 0) is 31.5 Å². The second-order valence-electron chi connectivity index (χ2n) is 4.02. The van der Waals surface area contributed by atoms with Crippen molar-refractivity contribution in [3.05, 3.63) is 29.8 Å². The van der Waals surface area contributed by atoms with Gasteiger partial charge in [0.1, 0.15) is 11.9 Å². The van der Waals surface area contributed by atoms with E-state index in [1.165, 1.54) is 19.1 Å². The lowest BCUT2D eigenvalue weighted by molar-refractivity contribution is -0.274. The van der Waals surface area contributed by atoms with Crippen LogP contribution in [0.25, 0.3) is 0 Å². The number of carbonyl (C=O) groups excluding carboxylic acids is 1. The van der Waals surface area contributed by atoms with Gasteiger partial charge in [-0.1, -0.05) is 12.1 Å². The van der Waals surface area contributed by atoms with E-state index < -0.39 is 24.4 Å². The van der Waals surface area contributed by atoms with Crippen molar-refractivity contribution in [3.63, 3.8) is 0 Å². The van der Waals surface area contributed by atoms with E-state index in [1.807, 2.05) is 0 Å². The molecule has 7 heteroatoms. The molecular formula is C12H14F3NO3. The summed E-state index contributed by atoms with van der Waals surface area (Å²) in [6.45, 7) is 2.97. The van der Waals surface area contributed by atoms with Crippen LogP contribution in [-0.4, -0.2) is 23.5 Å². The van der Waals surface area contributed by atoms with E-state index in [-0.39, 0.29) is 5.75 Å². The molecule has 1 aromatic carbocycles. The summed E-state index contributed by atoms with van der Waals surface area (Å²) >= 11 is 0. The van der Waals surface area contributed by atoms with Gasteiger partial charge in [0.05, 0.1) is 6.04 Å². The summed E-state index contributed by atoms with van der Waals surface area (Å²) in [6.07, 6.45) is -5.87. The first kappa shape index (κ1) is 15.3. The van der Waals surface area contributed by atoms with E-state index in [1.54, 1.807) is 6.92 Å². The SMILES string of the molecule is CC(O)C(=O)NC(C)c1ccc(OC(F)(F)F)cc1. The predicted molar refractivity (Wildman–Crippen MR) is 61.4 cm³/mol. The van der Waals surface area contributed by atoms with Gasteiger partial charge in [-0.3, -0.25) is 4.79 Å². The van der Waals surface area contributed by atoms with Crippen LogP contribution in [0.2, 0.25) is 0 Å². The number of nitrogens with one attached hydrogen (secondary N) is 1. The van der Waals surface area contributed by atoms with Crippen LogP contribution in [0.4, 0.5) is 13.2 Å². The number of aliphatic hydroxyl groups is 1. The number of halogens is 3. The van der Waals surface area contributed by atoms with Crippen molar-refractivity contribution in [2.45, 2.75) is 32.4 Å². The smallest absolute Gasteiger partial charge is 0.406 e. The average molecular weight is 277 g/mol. The van der Waals surface area contributed by atoms with Crippen LogP contribution in [0, 0.1) is 0 Å². The highest BCUT2D eigenvalue weighted by Gasteiger charge is 2.31. The molecular weight excluding hydrogens is 263 g/mol. The number of alkyl halides is 3. The Morgan fingerprint density at radius 2 is 1.79 bits per heavy atom. The van der Waals surface area contributed by atoms with Crippen LogP contribution >= 0.6 is 0 Å². The Balaban J connectivity index is 2.68. The van der Waals surface area contributed by atoms with Crippen LogP contribution in [0.15, 0.2) is 24.3 Å². The predicted octanol–water partition coefficient (Wildman–Crippen LogP) is 2.14. The standard InChI is InChI=1S/C12H14F3NO3/c1-7(16-11(18)8(2)17)9-3-5-10(6-4-9)19-12(13,14)15/h3-8,17H,1-2H3,(H,16,18). The van der Waals surface area contributed by atoms with Gasteiger partial charge >= 0.3 is 6.36 Å². The lowest BCUT2D eigenvalue weighted by Crippen LogP contribution is -2.34. The molecule has 4 nitrogen and oxygen atoms in total. The zero-order valence-electron chi connectivity index (χ0n) is 10.4. The van der Waals surface area contributed by atoms with Crippen LogP contribution in [0.1, 0.15) is 25.5 Å². The third-order valence-electron chi connectivity index (χ3n) is 2.35. The maximum absolute atomic E-state index is 12.0. The molecule has 0 fully saturated rings. The largest absolute Gasteiger partial charge is 0.573 e. The van der Waals surface area contributed by atoms with Crippen LogP contribution in [0.3, 0.4) is 0 Å². The maximum Gasteiger partial charge on any atom is 0.573 e. The molecule has 0 aliphatic rings. The molecule has 1 amide bonds. The van der Waals surface area contributed by atoms with Crippen molar-refractivity contribution >= 4 is 5.91 Å². The average Bonchev–Trinajstić information content (AvgIpc) is 2.27. The first-order chi connectivity index (χ1) is 8.69. The molecule has 106 valence electrons. The molecule has 2 unspecified atom stereocenters. The topological polar surface area (TPSA) is 58.6 Å². The molecule has 1 aromatic rings. The lowest BCUT2D eigenvalue weighted by atomic mass is 10.1. The Kier molecular flexibility index (Phi) is 4.77. The molecule has 2 N–H and O–H groups in total. The molecule has 0 spiro atoms. The summed E-state index contributed by atoms with van der Waals surface area (Å²) in [4.78, 5) is 11.2. The number of aliphatic hydroxyl groups excluding tert-OH is 1. The number of ether oxygens (including phenoxy) is 1. The van der Waals surface area contributed by atoms with E-state index in [0.29, 0.717) is 5.56 Å². The van der Waals surface area contributed by atoms with E-state index in [2.05, 4.69) is 10.1 Å². The van der Waals surface area contributed by atoms with Crippen molar-refractivity contribution < 1.29 is 27.8 Å². The second kappa shape index (κ2) is 5.92. The molecule has 0 aliphatic heterocycles. The Morgan fingerprint density at radius 1 is 1.26 bits per heavy atom. The summed E-state index contributed by atoms with van der Waals surface area (Å²) in [5.74, 6) is -0.881. The minimum Gasteiger partial charge on any atom is -0.406 e. The number of hydrogen-bond acceptors (Lipinski definition) is 3. The number of amides is 1. The molecule has 0 heterocycles. The van der Waals surface area contributed by atoms with Crippen molar-refractivity contribution in [2.75, 3.05) is 0 Å². The Bertz CT molecular complexity index is 429. The third-order valence-corrected chi connectivity index (χ3v) is 2.35. The molecule has 2 atom stereocenters. The Morgan fingerprint density at radius 3 is 2.21 bits per heavy atom. The summed E-state index contributed by atoms with van der Waals surface area (Å²) in [7, 11) is 0. The number of benzene rings is 1. The Hall–Kier alpha value is -1.76. The molecule has 0 saturated carbocycles. The van der Waals surface area contributed by atoms with Gasteiger partial charge in [0, 0.05) is 0 Å². The highest BCUT2D eigenvalue weighted by Crippen LogP contribution is 2.24. The second-order valence-corrected chi connectivity index (χ2v) is 4.02. The fourth-order valence-corrected chi connectivity index (χ4v) is 1.38. The van der Waals surface area contributed by atoms with Crippen LogP contribution in [-0.2, 0) is 4.79 Å². The minimum atomic E-state index is -4.73. The third kappa shape index (κ3) is 5.17. The summed E-state index contributed by atoms with van der Waals surface area (Å²) in [6, 6.07) is 4.71. The lowest BCUT2D eigenvalue weighted by Gasteiger charge is -2.16. The fourth-order valence-electron chi connectivity index (χ4n) is 1.38. The highest BCUT2D eigenvalue weighted by atomic mass is 19.4. The van der Waals surface area contributed by atoms with Gasteiger partial charge in [-0.15, -0.1) is 13.2 Å². The van der Waals surface area contributed by atoms with Crippen LogP contribution in [0.5, 0.6) is 5.75 Å². The van der Waals surface area contributed by atoms with Crippen molar-refractivity contribution in [2.24, 2.45) is 0 Å². The summed E-state index contributed by atoms with van der Waals surface area (Å²) in [5.41, 5.74) is 0.600. The summed E-state index contributed by atoms with van der Waals surface area (Å²) in [5, 5.41) is 11.5. The number of rotatable bonds is 4. The van der Waals surface area contributed by atoms with Crippen molar-refractivity contribution in [1.82, 2.24) is 5.32 Å². The number of hydrogen-bond donors (Lipinski definition) is 2. The van der Waals surface area contributed by atoms with Gasteiger partial charge in [-0.25, -0.2) is 0 Å². The van der Waals surface area contributed by atoms with Gasteiger partial charge in [0.15, 0.2) is 0 Å². The molecule has 0 radical (unpaired) electrons. The van der Waals surface area contributed by atoms with Gasteiger partial charge in [0.25, 0.3) is 0 Å². The van der Waals surface area contributed by atoms with Crippen LogP contribution < -0.4 is 10.1 Å². The van der Waals surface area contributed by atoms with Crippen molar-refractivity contribution in [1.29, 1.82) is 0 Å². The zero-order valence-corrected chi connectivity index (χ0v) is 10.4. The van der Waals surface area contributed by atoms with Gasteiger partial charge in [-0.2, -0.15) is 0 Å². The maximum atomic E-state index is 12.0. The highest BCUT2D eigenvalue weighted by molar-refractivity contribution is 5.80. The number of carbonyl (C=O) groups is 1. The van der Waals surface area contributed by atoms with Gasteiger partial charge < -0.3 is 15.2 Å². The Labute approximate surface area is 108 Å². The monoisotopic (exact) mass is 277 g/mol. The molecule has 1 rings (SSSR count). The normalized spacial score (nSPS) is 14.6. The fraction of sp³-hybridized carbons (Fsp3) is 0.417. The quantitative estimate of drug-likeness (QED) is 0.886. The minimum absolute atomic E-state index is 0.328. The van der Waals surface area contributed by atoms with E-state index in [9.17, 15) is 18.0 Å². The zero-order chi connectivity index (χ0) is 14.6. The van der Waals surface area contributed by atoms with Crippen molar-refractivity contribution in [3.8, 4) is 5.75 Å². The molecule has 19 heavy (non-hydrogen) atoms. The first-order valence-electron chi connectivity index (χ1n) is 5.53. The molecule has 0 bridgehead atoms. The van der Waals surface area contributed by atoms with E-state index >= 15 is 0 Å². The molecule has 0 aliphatic carbocycles. The van der Waals surface area contributed by atoms with E-state index in [0.717, 1.165) is 12.1 Å². The molecule has 0 aromatic heterocycles. The molecule has 0 saturated heterocycles. The first-order valence-corrected chi connectivity index (χ1v) is 5.53. The van der Waals surface area contributed by atoms with Gasteiger partial charge in [0.2, 0.25) is 5.91 Å².